The lowest BCUT2D eigenvalue weighted by Crippen LogP contribution is -2.08. The van der Waals surface area contributed by atoms with Crippen LogP contribution in [0.15, 0.2) is 36.0 Å². The zero-order valence-electron chi connectivity index (χ0n) is 10.9. The monoisotopic (exact) mass is 307 g/mol. The highest BCUT2D eigenvalue weighted by molar-refractivity contribution is 7.15. The number of thiazole rings is 1. The van der Waals surface area contributed by atoms with Gasteiger partial charge in [-0.3, -0.25) is 4.40 Å². The Morgan fingerprint density at radius 2 is 2.35 bits per heavy atom. The van der Waals surface area contributed by atoms with Crippen molar-refractivity contribution in [3.63, 3.8) is 0 Å². The quantitative estimate of drug-likeness (QED) is 0.800. The van der Waals surface area contributed by atoms with E-state index >= 15 is 0 Å². The lowest BCUT2D eigenvalue weighted by molar-refractivity contribution is 0.297. The van der Waals surface area contributed by atoms with Crippen LogP contribution in [0.2, 0.25) is 5.02 Å². The minimum absolute atomic E-state index is 0.130. The Labute approximate surface area is 125 Å². The van der Waals surface area contributed by atoms with Crippen molar-refractivity contribution >= 4 is 27.9 Å². The number of aromatic nitrogens is 2. The summed E-state index contributed by atoms with van der Waals surface area (Å²) in [5.41, 5.74) is 7.73. The SMILES string of the molecule is C[C@H](N)c1cc(Cl)ccc1OCc1cn2ccsc2n1. The first-order chi connectivity index (χ1) is 9.63. The summed E-state index contributed by atoms with van der Waals surface area (Å²) in [6.45, 7) is 2.32. The van der Waals surface area contributed by atoms with Crippen LogP contribution in [-0.4, -0.2) is 9.38 Å². The third kappa shape index (κ3) is 2.65. The lowest BCUT2D eigenvalue weighted by atomic mass is 10.1. The molecule has 1 atom stereocenters. The van der Waals surface area contributed by atoms with E-state index in [0.29, 0.717) is 11.6 Å². The van der Waals surface area contributed by atoms with Gasteiger partial charge in [0.2, 0.25) is 0 Å². The molecule has 0 radical (unpaired) electrons. The number of rotatable bonds is 4. The van der Waals surface area contributed by atoms with Crippen LogP contribution in [0.1, 0.15) is 24.2 Å². The molecule has 0 saturated heterocycles. The number of fused-ring (bicyclic) bond motifs is 1. The number of imidazole rings is 1. The van der Waals surface area contributed by atoms with E-state index in [0.717, 1.165) is 22.0 Å². The molecule has 20 heavy (non-hydrogen) atoms. The Balaban J connectivity index is 1.79. The fourth-order valence-corrected chi connectivity index (χ4v) is 2.90. The summed E-state index contributed by atoms with van der Waals surface area (Å²) < 4.78 is 7.81. The molecule has 2 aromatic heterocycles. The number of ether oxygens (including phenoxy) is 1. The Bertz CT molecular complexity index is 706. The Morgan fingerprint density at radius 3 is 3.10 bits per heavy atom. The van der Waals surface area contributed by atoms with E-state index in [2.05, 4.69) is 4.98 Å². The molecule has 2 heterocycles. The molecule has 3 rings (SSSR count). The van der Waals surface area contributed by atoms with Crippen molar-refractivity contribution in [1.82, 2.24) is 9.38 Å². The molecule has 0 amide bonds. The topological polar surface area (TPSA) is 52.5 Å². The van der Waals surface area contributed by atoms with E-state index < -0.39 is 0 Å². The van der Waals surface area contributed by atoms with Crippen LogP contribution in [0, 0.1) is 0 Å². The van der Waals surface area contributed by atoms with Crippen molar-refractivity contribution < 1.29 is 4.74 Å². The van der Waals surface area contributed by atoms with E-state index in [1.165, 1.54) is 0 Å². The van der Waals surface area contributed by atoms with Gasteiger partial charge in [-0.1, -0.05) is 11.6 Å². The van der Waals surface area contributed by atoms with Gasteiger partial charge in [0.15, 0.2) is 4.96 Å². The van der Waals surface area contributed by atoms with E-state index in [9.17, 15) is 0 Å². The number of hydrogen-bond acceptors (Lipinski definition) is 4. The number of nitrogens with two attached hydrogens (primary N) is 1. The molecule has 104 valence electrons. The van der Waals surface area contributed by atoms with Gasteiger partial charge in [-0.25, -0.2) is 4.98 Å². The van der Waals surface area contributed by atoms with Gasteiger partial charge in [0, 0.05) is 34.4 Å². The molecular formula is C14H14ClN3OS. The van der Waals surface area contributed by atoms with Gasteiger partial charge >= 0.3 is 0 Å². The molecule has 3 aromatic rings. The maximum atomic E-state index is 5.99. The second-order valence-corrected chi connectivity index (χ2v) is 5.89. The van der Waals surface area contributed by atoms with Crippen LogP contribution >= 0.6 is 22.9 Å². The summed E-state index contributed by atoms with van der Waals surface area (Å²) in [7, 11) is 0. The van der Waals surface area contributed by atoms with Crippen molar-refractivity contribution in [3.8, 4) is 5.75 Å². The first-order valence-electron chi connectivity index (χ1n) is 6.22. The van der Waals surface area contributed by atoms with Crippen LogP contribution in [-0.2, 0) is 6.61 Å². The highest BCUT2D eigenvalue weighted by Gasteiger charge is 2.10. The maximum Gasteiger partial charge on any atom is 0.193 e. The molecule has 0 spiro atoms. The van der Waals surface area contributed by atoms with Gasteiger partial charge in [0.05, 0.1) is 5.69 Å². The van der Waals surface area contributed by atoms with E-state index in [4.69, 9.17) is 22.1 Å². The molecule has 0 bridgehead atoms. The maximum absolute atomic E-state index is 5.99. The van der Waals surface area contributed by atoms with Crippen LogP contribution in [0.3, 0.4) is 0 Å². The first kappa shape index (κ1) is 13.4. The summed E-state index contributed by atoms with van der Waals surface area (Å²) in [4.78, 5) is 5.44. The number of benzene rings is 1. The fourth-order valence-electron chi connectivity index (χ4n) is 2.00. The van der Waals surface area contributed by atoms with E-state index in [1.807, 2.05) is 41.2 Å². The largest absolute Gasteiger partial charge is 0.487 e. The molecule has 0 aliphatic heterocycles. The molecule has 0 aliphatic carbocycles. The van der Waals surface area contributed by atoms with Crippen molar-refractivity contribution in [2.45, 2.75) is 19.6 Å². The molecule has 2 N–H and O–H groups in total. The molecule has 6 heteroatoms. The minimum atomic E-state index is -0.130. The summed E-state index contributed by atoms with van der Waals surface area (Å²) in [6.07, 6.45) is 3.94. The van der Waals surface area contributed by atoms with Gasteiger partial charge in [0.1, 0.15) is 12.4 Å². The van der Waals surface area contributed by atoms with Gasteiger partial charge in [-0.15, -0.1) is 11.3 Å². The third-order valence-corrected chi connectivity index (χ3v) is 3.99. The summed E-state index contributed by atoms with van der Waals surface area (Å²) >= 11 is 7.59. The second-order valence-electron chi connectivity index (χ2n) is 4.58. The summed E-state index contributed by atoms with van der Waals surface area (Å²) in [6, 6.07) is 5.36. The van der Waals surface area contributed by atoms with E-state index in [1.54, 1.807) is 17.4 Å². The molecule has 0 fully saturated rings. The lowest BCUT2D eigenvalue weighted by Gasteiger charge is -2.13. The zero-order valence-corrected chi connectivity index (χ0v) is 12.5. The normalized spacial score (nSPS) is 12.8. The first-order valence-corrected chi connectivity index (χ1v) is 7.48. The van der Waals surface area contributed by atoms with Gasteiger partial charge in [0.25, 0.3) is 0 Å². The smallest absolute Gasteiger partial charge is 0.193 e. The molecule has 1 aromatic carbocycles. The number of hydrogen-bond donors (Lipinski definition) is 1. The van der Waals surface area contributed by atoms with Crippen LogP contribution in [0.25, 0.3) is 4.96 Å². The van der Waals surface area contributed by atoms with Crippen molar-refractivity contribution in [2.24, 2.45) is 5.73 Å². The Kier molecular flexibility index (Phi) is 3.65. The highest BCUT2D eigenvalue weighted by atomic mass is 35.5. The van der Waals surface area contributed by atoms with Crippen LogP contribution in [0.5, 0.6) is 5.75 Å². The minimum Gasteiger partial charge on any atom is -0.487 e. The average molecular weight is 308 g/mol. The second kappa shape index (κ2) is 5.44. The van der Waals surface area contributed by atoms with Gasteiger partial charge in [-0.05, 0) is 25.1 Å². The molecule has 4 nitrogen and oxygen atoms in total. The van der Waals surface area contributed by atoms with Gasteiger partial charge in [-0.2, -0.15) is 0 Å². The molecule has 0 aliphatic rings. The standard InChI is InChI=1S/C14H14ClN3OS/c1-9(16)12-6-10(15)2-3-13(12)19-8-11-7-18-4-5-20-14(18)17-11/h2-7,9H,8,16H2,1H3/t9-/m0/s1. The predicted molar refractivity (Wildman–Crippen MR) is 81.5 cm³/mol. The van der Waals surface area contributed by atoms with Crippen molar-refractivity contribution in [1.29, 1.82) is 0 Å². The zero-order chi connectivity index (χ0) is 14.1. The van der Waals surface area contributed by atoms with Crippen LogP contribution < -0.4 is 10.5 Å². The molecule has 0 saturated carbocycles. The highest BCUT2D eigenvalue weighted by Crippen LogP contribution is 2.28. The fraction of sp³-hybridized carbons (Fsp3) is 0.214. The molecule has 0 unspecified atom stereocenters. The summed E-state index contributed by atoms with van der Waals surface area (Å²) in [5.74, 6) is 0.751. The van der Waals surface area contributed by atoms with Gasteiger partial charge < -0.3 is 10.5 Å². The Morgan fingerprint density at radius 1 is 1.50 bits per heavy atom. The number of nitrogens with zero attached hydrogens (tertiary/aromatic N) is 2. The van der Waals surface area contributed by atoms with E-state index in [-0.39, 0.29) is 6.04 Å². The summed E-state index contributed by atoms with van der Waals surface area (Å²) in [5, 5.41) is 2.66. The third-order valence-electron chi connectivity index (χ3n) is 2.98. The predicted octanol–water partition coefficient (Wildman–Crippen LogP) is 3.65. The average Bonchev–Trinajstić information content (AvgIpc) is 2.97. The Hall–Kier alpha value is -1.56. The molecular weight excluding hydrogens is 294 g/mol. The van der Waals surface area contributed by atoms with Crippen molar-refractivity contribution in [3.05, 3.63) is 52.3 Å². The number of halogens is 1. The van der Waals surface area contributed by atoms with Crippen molar-refractivity contribution in [2.75, 3.05) is 0 Å². The van der Waals surface area contributed by atoms with Crippen LogP contribution in [0.4, 0.5) is 0 Å².